The van der Waals surface area contributed by atoms with Crippen LogP contribution in [-0.2, 0) is 28.0 Å². The number of rotatable bonds is 6. The smallest absolute Gasteiger partial charge is 0.335 e. The molecule has 38 heavy (non-hydrogen) atoms. The Bertz CT molecular complexity index is 1230. The molecule has 10 heteroatoms. The van der Waals surface area contributed by atoms with E-state index in [2.05, 4.69) is 42.3 Å². The normalized spacial score (nSPS) is 29.7. The number of aliphatic hydroxyl groups excluding tert-OH is 3. The molecule has 0 aromatic heterocycles. The van der Waals surface area contributed by atoms with Crippen molar-refractivity contribution in [2.24, 2.45) is 5.92 Å². The first-order chi connectivity index (χ1) is 18.1. The summed E-state index contributed by atoms with van der Waals surface area (Å²) in [6.45, 7) is 1.55. The van der Waals surface area contributed by atoms with E-state index in [0.29, 0.717) is 18.6 Å². The van der Waals surface area contributed by atoms with Gasteiger partial charge in [0.05, 0.1) is 0 Å². The third-order valence-corrected chi connectivity index (χ3v) is 8.18. The van der Waals surface area contributed by atoms with Crippen LogP contribution in [0.15, 0.2) is 54.6 Å². The summed E-state index contributed by atoms with van der Waals surface area (Å²) >= 11 is 0. The van der Waals surface area contributed by atoms with Gasteiger partial charge in [0.25, 0.3) is 0 Å². The molecule has 7 atom stereocenters. The predicted molar refractivity (Wildman–Crippen MR) is 134 cm³/mol. The zero-order chi connectivity index (χ0) is 27.2. The fraction of sp³-hybridized carbons (Fsp3) is 0.429. The van der Waals surface area contributed by atoms with Crippen LogP contribution in [0.4, 0.5) is 0 Å². The quantitative estimate of drug-likeness (QED) is 0.344. The van der Waals surface area contributed by atoms with Gasteiger partial charge in [0.1, 0.15) is 18.8 Å². The number of carboxylic acids is 2. The SMILES string of the molecule is CN1CC[C@]23c4c5ccc(OCc6ccccc6)c4O[C@H]2[C@@H](O)C=C[C@H]3[C@H]1C5.O=C(O)[C@H](O)[C@@H](O)C(=O)O. The minimum Gasteiger partial charge on any atom is -0.485 e. The van der Waals surface area contributed by atoms with Crippen LogP contribution >= 0.6 is 0 Å². The van der Waals surface area contributed by atoms with Gasteiger partial charge >= 0.3 is 11.9 Å². The van der Waals surface area contributed by atoms with Crippen LogP contribution in [0.2, 0.25) is 0 Å². The van der Waals surface area contributed by atoms with Crippen LogP contribution in [0.5, 0.6) is 11.5 Å². The van der Waals surface area contributed by atoms with E-state index in [-0.39, 0.29) is 11.5 Å². The lowest BCUT2D eigenvalue weighted by molar-refractivity contribution is -0.165. The van der Waals surface area contributed by atoms with Crippen LogP contribution in [0.1, 0.15) is 23.1 Å². The second-order valence-electron chi connectivity index (χ2n) is 10.2. The second-order valence-corrected chi connectivity index (χ2v) is 10.2. The van der Waals surface area contributed by atoms with Crippen molar-refractivity contribution in [3.63, 3.8) is 0 Å². The molecule has 10 nitrogen and oxygen atoms in total. The highest BCUT2D eigenvalue weighted by atomic mass is 16.5. The maximum atomic E-state index is 10.8. The number of likely N-dealkylation sites (N-methyl/N-ethyl adjacent to an activating group) is 1. The summed E-state index contributed by atoms with van der Waals surface area (Å²) in [5.74, 6) is -1.48. The topological polar surface area (TPSA) is 157 Å². The number of hydrogen-bond donors (Lipinski definition) is 5. The van der Waals surface area contributed by atoms with E-state index in [1.54, 1.807) is 0 Å². The minimum absolute atomic E-state index is 0.125. The molecule has 5 N–H and O–H groups in total. The number of piperidine rings is 1. The van der Waals surface area contributed by atoms with E-state index >= 15 is 0 Å². The highest BCUT2D eigenvalue weighted by molar-refractivity contribution is 5.83. The summed E-state index contributed by atoms with van der Waals surface area (Å²) in [7, 11) is 2.23. The Balaban J connectivity index is 0.000000253. The molecule has 0 unspecified atom stereocenters. The Hall–Kier alpha value is -3.44. The Morgan fingerprint density at radius 3 is 2.42 bits per heavy atom. The molecule has 4 aliphatic rings. The molecule has 202 valence electrons. The predicted octanol–water partition coefficient (Wildman–Crippen LogP) is 0.949. The lowest BCUT2D eigenvalue weighted by Gasteiger charge is -2.56. The van der Waals surface area contributed by atoms with Crippen LogP contribution in [-0.4, -0.2) is 86.4 Å². The zero-order valence-corrected chi connectivity index (χ0v) is 20.8. The van der Waals surface area contributed by atoms with E-state index in [1.807, 2.05) is 24.3 Å². The highest BCUT2D eigenvalue weighted by Gasteiger charge is 2.64. The molecule has 2 bridgehead atoms. The van der Waals surface area contributed by atoms with Gasteiger partial charge in [-0.05, 0) is 43.6 Å². The molecule has 2 aromatic carbocycles. The van der Waals surface area contributed by atoms with Gasteiger partial charge in [0.2, 0.25) is 0 Å². The molecule has 0 saturated carbocycles. The molecule has 1 saturated heterocycles. The number of carboxylic acid groups (broad SMARTS) is 2. The Morgan fingerprint density at radius 2 is 1.76 bits per heavy atom. The number of aliphatic hydroxyl groups is 3. The van der Waals surface area contributed by atoms with Crippen LogP contribution < -0.4 is 9.47 Å². The zero-order valence-electron chi connectivity index (χ0n) is 20.8. The summed E-state index contributed by atoms with van der Waals surface area (Å²) < 4.78 is 12.7. The van der Waals surface area contributed by atoms with Crippen molar-refractivity contribution in [3.05, 3.63) is 71.3 Å². The summed E-state index contributed by atoms with van der Waals surface area (Å²) in [5, 5.41) is 43.3. The van der Waals surface area contributed by atoms with Crippen LogP contribution in [0, 0.1) is 5.92 Å². The van der Waals surface area contributed by atoms with Gasteiger partial charge in [0.15, 0.2) is 23.7 Å². The number of likely N-dealkylation sites (tertiary alicyclic amines) is 1. The molecule has 2 aromatic rings. The molecule has 6 rings (SSSR count). The lowest BCUT2D eigenvalue weighted by atomic mass is 9.53. The number of nitrogens with zero attached hydrogens (tertiary/aromatic N) is 1. The van der Waals surface area contributed by atoms with Crippen molar-refractivity contribution in [2.75, 3.05) is 13.6 Å². The molecule has 2 heterocycles. The fourth-order valence-electron chi connectivity index (χ4n) is 6.35. The van der Waals surface area contributed by atoms with Gasteiger partial charge in [-0.1, -0.05) is 48.6 Å². The van der Waals surface area contributed by atoms with Crippen molar-refractivity contribution >= 4 is 11.9 Å². The van der Waals surface area contributed by atoms with Crippen molar-refractivity contribution < 1.29 is 44.6 Å². The molecule has 2 aliphatic carbocycles. The van der Waals surface area contributed by atoms with Crippen molar-refractivity contribution in [3.8, 4) is 11.5 Å². The third kappa shape index (κ3) is 4.23. The van der Waals surface area contributed by atoms with E-state index in [0.717, 1.165) is 36.4 Å². The maximum Gasteiger partial charge on any atom is 0.335 e. The summed E-state index contributed by atoms with van der Waals surface area (Å²) in [6, 6.07) is 15.0. The first-order valence-corrected chi connectivity index (χ1v) is 12.5. The Morgan fingerprint density at radius 1 is 1.08 bits per heavy atom. The highest BCUT2D eigenvalue weighted by Crippen LogP contribution is 2.62. The first kappa shape index (κ1) is 26.2. The van der Waals surface area contributed by atoms with Crippen LogP contribution in [0.3, 0.4) is 0 Å². The number of carbonyl (C=O) groups is 2. The number of hydrogen-bond acceptors (Lipinski definition) is 8. The van der Waals surface area contributed by atoms with Gasteiger partial charge in [-0.25, -0.2) is 9.59 Å². The molecule has 1 spiro atoms. The second kappa shape index (κ2) is 10.0. The number of aliphatic carboxylic acids is 2. The van der Waals surface area contributed by atoms with Gasteiger partial charge in [-0.3, -0.25) is 0 Å². The molecular weight excluding hydrogens is 494 g/mol. The van der Waals surface area contributed by atoms with E-state index in [1.165, 1.54) is 11.1 Å². The lowest BCUT2D eigenvalue weighted by Crippen LogP contribution is -2.64. The summed E-state index contributed by atoms with van der Waals surface area (Å²) in [6.07, 6.45) is 0.922. The van der Waals surface area contributed by atoms with Gasteiger partial charge in [0, 0.05) is 22.9 Å². The van der Waals surface area contributed by atoms with Crippen molar-refractivity contribution in [1.29, 1.82) is 0 Å². The van der Waals surface area contributed by atoms with Gasteiger partial charge in [-0.2, -0.15) is 0 Å². The maximum absolute atomic E-state index is 10.8. The Kier molecular flexibility index (Phi) is 6.91. The summed E-state index contributed by atoms with van der Waals surface area (Å²) in [4.78, 5) is 22.0. The van der Waals surface area contributed by atoms with Crippen molar-refractivity contribution in [1.82, 2.24) is 4.90 Å². The average Bonchev–Trinajstić information content (AvgIpc) is 3.27. The number of ether oxygens (including phenoxy) is 2. The van der Waals surface area contributed by atoms with Gasteiger partial charge in [-0.15, -0.1) is 0 Å². The third-order valence-electron chi connectivity index (χ3n) is 8.18. The summed E-state index contributed by atoms with van der Waals surface area (Å²) in [5.41, 5.74) is 3.68. The molecule has 2 aliphatic heterocycles. The monoisotopic (exact) mass is 525 g/mol. The van der Waals surface area contributed by atoms with Crippen LogP contribution in [0.25, 0.3) is 0 Å². The molecule has 1 fully saturated rings. The minimum atomic E-state index is -2.27. The van der Waals surface area contributed by atoms with Gasteiger partial charge < -0.3 is 39.9 Å². The first-order valence-electron chi connectivity index (χ1n) is 12.5. The molecular formula is C28H31NO9. The molecule has 0 radical (unpaired) electrons. The Labute approximate surface area is 219 Å². The average molecular weight is 526 g/mol. The van der Waals surface area contributed by atoms with Crippen molar-refractivity contribution in [2.45, 2.75) is 55.3 Å². The standard InChI is InChI=1S/C24H25NO3.C4H6O6/c1-25-12-11-24-17-8-9-19(26)23(24)28-22-20(27-14-15-5-3-2-4-6-15)10-7-16(21(22)24)13-18(17)25;5-1(3(7)8)2(6)4(9)10/h2-10,17-19,23,26H,11-14H2,1H3;1-2,5-6H,(H,7,8)(H,9,10)/t17-,18+,19-,23-,24-;1-,2-/m01/s1. The van der Waals surface area contributed by atoms with E-state index in [4.69, 9.17) is 29.9 Å². The van der Waals surface area contributed by atoms with E-state index in [9.17, 15) is 14.7 Å². The van der Waals surface area contributed by atoms with E-state index < -0.39 is 30.3 Å². The largest absolute Gasteiger partial charge is 0.485 e. The molecule has 0 amide bonds. The number of benzene rings is 2. The fourth-order valence-corrected chi connectivity index (χ4v) is 6.35.